The quantitative estimate of drug-likeness (QED) is 0.296. The van der Waals surface area contributed by atoms with E-state index in [0.717, 1.165) is 17.2 Å². The van der Waals surface area contributed by atoms with E-state index in [-0.39, 0.29) is 17.0 Å². The minimum atomic E-state index is -0.751. The fourth-order valence-corrected chi connectivity index (χ4v) is 3.13. The van der Waals surface area contributed by atoms with Crippen molar-refractivity contribution in [1.29, 1.82) is 0 Å². The molecule has 34 heavy (non-hydrogen) atoms. The van der Waals surface area contributed by atoms with E-state index >= 15 is 0 Å². The van der Waals surface area contributed by atoms with E-state index in [1.54, 1.807) is 24.3 Å². The van der Waals surface area contributed by atoms with Gasteiger partial charge in [0.25, 0.3) is 0 Å². The maximum absolute atomic E-state index is 13.6. The third kappa shape index (κ3) is 5.71. The second-order valence-corrected chi connectivity index (χ2v) is 7.49. The molecule has 8 heteroatoms. The summed E-state index contributed by atoms with van der Waals surface area (Å²) in [4.78, 5) is 17.8. The molecule has 4 nitrogen and oxygen atoms in total. The van der Waals surface area contributed by atoms with Gasteiger partial charge in [0.1, 0.15) is 28.8 Å². The monoisotopic (exact) mass is 468 g/mol. The van der Waals surface area contributed by atoms with Gasteiger partial charge in [-0.05, 0) is 50.2 Å². The Morgan fingerprint density at radius 2 is 1.24 bits per heavy atom. The van der Waals surface area contributed by atoms with Gasteiger partial charge in [-0.15, -0.1) is 0 Å². The SMILES string of the molecule is Cc1ccc(F)c(-c2cnc(C=O)c(F)c2)c1.Cc1ccc(F)c(-c2cnc(CO)c(F)c2)c1. The number of carbonyl (C=O) groups excluding carboxylic acids is 1. The lowest BCUT2D eigenvalue weighted by molar-refractivity contribution is 0.111. The second-order valence-electron chi connectivity index (χ2n) is 7.49. The van der Waals surface area contributed by atoms with Gasteiger partial charge in [0.05, 0.1) is 6.61 Å². The maximum atomic E-state index is 13.6. The van der Waals surface area contributed by atoms with Gasteiger partial charge in [-0.3, -0.25) is 9.78 Å². The zero-order valence-electron chi connectivity index (χ0n) is 18.3. The molecule has 0 aliphatic rings. The van der Waals surface area contributed by atoms with E-state index < -0.39 is 29.9 Å². The number of benzene rings is 2. The molecule has 2 aromatic heterocycles. The van der Waals surface area contributed by atoms with Crippen molar-refractivity contribution >= 4 is 6.29 Å². The third-order valence-electron chi connectivity index (χ3n) is 4.91. The molecule has 2 aromatic carbocycles. The van der Waals surface area contributed by atoms with Gasteiger partial charge in [-0.25, -0.2) is 22.5 Å². The van der Waals surface area contributed by atoms with Crippen molar-refractivity contribution in [3.05, 3.63) is 107 Å². The first kappa shape index (κ1) is 24.7. The molecule has 0 bridgehead atoms. The van der Waals surface area contributed by atoms with E-state index in [1.165, 1.54) is 30.6 Å². The van der Waals surface area contributed by atoms with E-state index in [2.05, 4.69) is 9.97 Å². The molecule has 4 rings (SSSR count). The molecule has 174 valence electrons. The number of hydrogen-bond acceptors (Lipinski definition) is 4. The van der Waals surface area contributed by atoms with Gasteiger partial charge in [-0.1, -0.05) is 23.3 Å². The Morgan fingerprint density at radius 1 is 0.735 bits per heavy atom. The summed E-state index contributed by atoms with van der Waals surface area (Å²) < 4.78 is 53.9. The lowest BCUT2D eigenvalue weighted by Gasteiger charge is -2.06. The summed E-state index contributed by atoms with van der Waals surface area (Å²) in [5.41, 5.74) is 2.68. The van der Waals surface area contributed by atoms with E-state index in [0.29, 0.717) is 23.0 Å². The Hall–Kier alpha value is -3.91. The molecule has 0 unspecified atom stereocenters. The second kappa shape index (κ2) is 10.8. The number of aryl methyl sites for hydroxylation is 2. The summed E-state index contributed by atoms with van der Waals surface area (Å²) >= 11 is 0. The van der Waals surface area contributed by atoms with Crippen LogP contribution < -0.4 is 0 Å². The predicted octanol–water partition coefficient (Wildman–Crippen LogP) is 5.98. The number of nitrogens with zero attached hydrogens (tertiary/aromatic N) is 2. The zero-order chi connectivity index (χ0) is 24.8. The number of aliphatic hydroxyl groups is 1. The van der Waals surface area contributed by atoms with Gasteiger partial charge in [0.15, 0.2) is 12.1 Å². The summed E-state index contributed by atoms with van der Waals surface area (Å²) in [6.45, 7) is 3.17. The molecular weight excluding hydrogens is 448 g/mol. The van der Waals surface area contributed by atoms with E-state index in [1.807, 2.05) is 13.8 Å². The summed E-state index contributed by atoms with van der Waals surface area (Å²) in [6.07, 6.45) is 2.96. The Balaban J connectivity index is 0.000000191. The van der Waals surface area contributed by atoms with Crippen molar-refractivity contribution < 1.29 is 27.5 Å². The van der Waals surface area contributed by atoms with Crippen LogP contribution in [0.2, 0.25) is 0 Å². The number of carbonyl (C=O) groups is 1. The van der Waals surface area contributed by atoms with Gasteiger partial charge >= 0.3 is 0 Å². The lowest BCUT2D eigenvalue weighted by Crippen LogP contribution is -1.96. The van der Waals surface area contributed by atoms with Crippen molar-refractivity contribution in [1.82, 2.24) is 9.97 Å². The predicted molar refractivity (Wildman–Crippen MR) is 120 cm³/mol. The van der Waals surface area contributed by atoms with Crippen LogP contribution in [0.3, 0.4) is 0 Å². The smallest absolute Gasteiger partial charge is 0.171 e. The summed E-state index contributed by atoms with van der Waals surface area (Å²) in [7, 11) is 0. The van der Waals surface area contributed by atoms with E-state index in [4.69, 9.17) is 5.11 Å². The minimum Gasteiger partial charge on any atom is -0.390 e. The zero-order valence-corrected chi connectivity index (χ0v) is 18.3. The summed E-state index contributed by atoms with van der Waals surface area (Å²) in [5.74, 6) is -2.26. The number of hydrogen-bond donors (Lipinski definition) is 1. The standard InChI is InChI=1S/C13H11F2NO.C13H9F2NO/c2*1-8-2-3-11(14)10(4-8)9-5-12(15)13(7-17)16-6-9/h2-6,17H,7H2,1H3;2-7H,1H3. The Labute approximate surface area is 193 Å². The van der Waals surface area contributed by atoms with E-state index in [9.17, 15) is 22.4 Å². The minimum absolute atomic E-state index is 0.0400. The average molecular weight is 468 g/mol. The van der Waals surface area contributed by atoms with Crippen molar-refractivity contribution in [2.24, 2.45) is 0 Å². The van der Waals surface area contributed by atoms with Gasteiger partial charge in [0, 0.05) is 34.6 Å². The number of rotatable bonds is 4. The lowest BCUT2D eigenvalue weighted by atomic mass is 10.0. The average Bonchev–Trinajstić information content (AvgIpc) is 2.82. The van der Waals surface area contributed by atoms with Crippen LogP contribution in [0.5, 0.6) is 0 Å². The normalized spacial score (nSPS) is 10.4. The molecule has 0 saturated carbocycles. The van der Waals surface area contributed by atoms with Crippen molar-refractivity contribution in [2.75, 3.05) is 0 Å². The van der Waals surface area contributed by atoms with Crippen LogP contribution in [0.4, 0.5) is 17.6 Å². The molecule has 0 amide bonds. The third-order valence-corrected chi connectivity index (χ3v) is 4.91. The number of halogens is 4. The van der Waals surface area contributed by atoms with Gasteiger partial charge in [-0.2, -0.15) is 0 Å². The molecule has 4 aromatic rings. The van der Waals surface area contributed by atoms with Crippen molar-refractivity contribution in [3.63, 3.8) is 0 Å². The van der Waals surface area contributed by atoms with Gasteiger partial charge in [0.2, 0.25) is 0 Å². The fraction of sp³-hybridized carbons (Fsp3) is 0.115. The first-order valence-electron chi connectivity index (χ1n) is 10.1. The summed E-state index contributed by atoms with van der Waals surface area (Å²) in [6, 6.07) is 11.4. The first-order chi connectivity index (χ1) is 16.2. The molecule has 0 saturated heterocycles. The highest BCUT2D eigenvalue weighted by Crippen LogP contribution is 2.25. The Kier molecular flexibility index (Phi) is 7.86. The van der Waals surface area contributed by atoms with Crippen molar-refractivity contribution in [3.8, 4) is 22.3 Å². The van der Waals surface area contributed by atoms with Crippen LogP contribution in [0.15, 0.2) is 60.9 Å². The summed E-state index contributed by atoms with van der Waals surface area (Å²) in [5, 5.41) is 8.80. The molecule has 0 spiro atoms. The molecule has 2 heterocycles. The molecular formula is C26H20F4N2O2. The molecule has 0 radical (unpaired) electrons. The van der Waals surface area contributed by atoms with Gasteiger partial charge < -0.3 is 5.11 Å². The highest BCUT2D eigenvalue weighted by atomic mass is 19.1. The van der Waals surface area contributed by atoms with Crippen LogP contribution in [0, 0.1) is 37.1 Å². The Bertz CT molecular complexity index is 1340. The Morgan fingerprint density at radius 3 is 1.68 bits per heavy atom. The molecule has 0 aliphatic carbocycles. The maximum Gasteiger partial charge on any atom is 0.171 e. The fourth-order valence-electron chi connectivity index (χ4n) is 3.13. The van der Waals surface area contributed by atoms with Crippen LogP contribution in [-0.2, 0) is 6.61 Å². The molecule has 0 atom stereocenters. The first-order valence-corrected chi connectivity index (χ1v) is 10.1. The van der Waals surface area contributed by atoms with Crippen LogP contribution in [0.1, 0.15) is 27.3 Å². The number of aromatic nitrogens is 2. The number of aliphatic hydroxyl groups excluding tert-OH is 1. The number of aldehydes is 1. The highest BCUT2D eigenvalue weighted by molar-refractivity contribution is 5.74. The number of pyridine rings is 2. The molecule has 0 aliphatic heterocycles. The van der Waals surface area contributed by atoms with Crippen LogP contribution >= 0.6 is 0 Å². The largest absolute Gasteiger partial charge is 0.390 e. The molecule has 1 N–H and O–H groups in total. The highest BCUT2D eigenvalue weighted by Gasteiger charge is 2.11. The van der Waals surface area contributed by atoms with Crippen LogP contribution in [0.25, 0.3) is 22.3 Å². The van der Waals surface area contributed by atoms with Crippen molar-refractivity contribution in [2.45, 2.75) is 20.5 Å². The molecule has 0 fully saturated rings. The topological polar surface area (TPSA) is 63.1 Å². The van der Waals surface area contributed by atoms with Crippen LogP contribution in [-0.4, -0.2) is 21.4 Å².